The zero-order valence-corrected chi connectivity index (χ0v) is 10.9. The fourth-order valence-electron chi connectivity index (χ4n) is 1.59. The van der Waals surface area contributed by atoms with Crippen molar-refractivity contribution in [3.05, 3.63) is 54.2 Å². The van der Waals surface area contributed by atoms with Gasteiger partial charge in [0.05, 0.1) is 6.54 Å². The minimum absolute atomic E-state index is 0.523. The van der Waals surface area contributed by atoms with Crippen LogP contribution >= 0.6 is 0 Å². The average molecular weight is 259 g/mol. The molecule has 0 amide bonds. The van der Waals surface area contributed by atoms with E-state index in [4.69, 9.17) is 9.26 Å². The Morgan fingerprint density at radius 3 is 2.74 bits per heavy atom. The summed E-state index contributed by atoms with van der Waals surface area (Å²) in [5, 5.41) is 7.07. The molecule has 2 aromatic rings. The Bertz CT molecular complexity index is 520. The first-order valence-electron chi connectivity index (χ1n) is 6.10. The van der Waals surface area contributed by atoms with Gasteiger partial charge in [-0.05, 0) is 17.7 Å². The minimum Gasteiger partial charge on any atom is -0.490 e. The number of nitrogens with one attached hydrogen (secondary N) is 1. The number of nitrogens with zero attached hydrogens (tertiary/aromatic N) is 2. The summed E-state index contributed by atoms with van der Waals surface area (Å²) in [6.45, 7) is 7.24. The first-order valence-corrected chi connectivity index (χ1v) is 6.10. The van der Waals surface area contributed by atoms with Crippen molar-refractivity contribution in [2.24, 2.45) is 0 Å². The lowest BCUT2D eigenvalue weighted by Crippen LogP contribution is -2.13. The van der Waals surface area contributed by atoms with Gasteiger partial charge < -0.3 is 14.6 Å². The summed E-state index contributed by atoms with van der Waals surface area (Å²) >= 11 is 0. The standard InChI is InChI=1S/C14H17N3O2/c1-3-8-18-13-6-4-12(5-7-13)9-15-10-14-16-11(2)19-17-14/h3-7,15H,1,8-10H2,2H3. The van der Waals surface area contributed by atoms with Crippen molar-refractivity contribution in [1.29, 1.82) is 0 Å². The number of rotatable bonds is 7. The second-order valence-electron chi connectivity index (χ2n) is 4.08. The van der Waals surface area contributed by atoms with Crippen LogP contribution < -0.4 is 10.1 Å². The topological polar surface area (TPSA) is 60.2 Å². The molecule has 1 N–H and O–H groups in total. The summed E-state index contributed by atoms with van der Waals surface area (Å²) in [5.41, 5.74) is 1.17. The van der Waals surface area contributed by atoms with Crippen LogP contribution in [0.5, 0.6) is 5.75 Å². The number of benzene rings is 1. The molecule has 0 atom stereocenters. The Morgan fingerprint density at radius 2 is 2.11 bits per heavy atom. The van der Waals surface area contributed by atoms with Crippen LogP contribution in [0.2, 0.25) is 0 Å². The smallest absolute Gasteiger partial charge is 0.223 e. The summed E-state index contributed by atoms with van der Waals surface area (Å²) in [4.78, 5) is 4.12. The van der Waals surface area contributed by atoms with Crippen LogP contribution in [0.4, 0.5) is 0 Å². The third-order valence-electron chi connectivity index (χ3n) is 2.47. The van der Waals surface area contributed by atoms with Crippen LogP contribution in [-0.2, 0) is 13.1 Å². The molecule has 1 aromatic carbocycles. The Labute approximate surface area is 112 Å². The molecule has 1 aromatic heterocycles. The molecule has 2 rings (SSSR count). The molecule has 0 saturated carbocycles. The first-order chi connectivity index (χ1) is 9.28. The summed E-state index contributed by atoms with van der Waals surface area (Å²) < 4.78 is 10.3. The van der Waals surface area contributed by atoms with Crippen LogP contribution in [0.3, 0.4) is 0 Å². The number of aryl methyl sites for hydroxylation is 1. The summed E-state index contributed by atoms with van der Waals surface area (Å²) in [7, 11) is 0. The van der Waals surface area contributed by atoms with Gasteiger partial charge in [-0.2, -0.15) is 4.98 Å². The lowest BCUT2D eigenvalue weighted by molar-refractivity contribution is 0.363. The predicted octanol–water partition coefficient (Wildman–Crippen LogP) is 2.23. The van der Waals surface area contributed by atoms with Gasteiger partial charge in [0.2, 0.25) is 5.89 Å². The van der Waals surface area contributed by atoms with E-state index in [0.29, 0.717) is 24.9 Å². The largest absolute Gasteiger partial charge is 0.490 e. The lowest BCUT2D eigenvalue weighted by Gasteiger charge is -2.05. The first kappa shape index (κ1) is 13.3. The summed E-state index contributed by atoms with van der Waals surface area (Å²) in [5.74, 6) is 2.10. The molecule has 0 radical (unpaired) electrons. The molecule has 0 saturated heterocycles. The van der Waals surface area contributed by atoms with Gasteiger partial charge in [0.25, 0.3) is 0 Å². The molecule has 0 fully saturated rings. The van der Waals surface area contributed by atoms with E-state index in [9.17, 15) is 0 Å². The molecule has 5 heteroatoms. The van der Waals surface area contributed by atoms with Crippen molar-refractivity contribution in [3.63, 3.8) is 0 Å². The zero-order chi connectivity index (χ0) is 13.5. The molecular weight excluding hydrogens is 242 g/mol. The molecule has 0 spiro atoms. The fourth-order valence-corrected chi connectivity index (χ4v) is 1.59. The second-order valence-corrected chi connectivity index (χ2v) is 4.08. The van der Waals surface area contributed by atoms with Crippen LogP contribution in [0.15, 0.2) is 41.4 Å². The number of hydrogen-bond acceptors (Lipinski definition) is 5. The van der Waals surface area contributed by atoms with Crippen molar-refractivity contribution in [3.8, 4) is 5.75 Å². The molecule has 19 heavy (non-hydrogen) atoms. The maximum atomic E-state index is 5.42. The maximum Gasteiger partial charge on any atom is 0.223 e. The van der Waals surface area contributed by atoms with E-state index in [0.717, 1.165) is 12.3 Å². The van der Waals surface area contributed by atoms with Crippen molar-refractivity contribution < 1.29 is 9.26 Å². The number of hydrogen-bond donors (Lipinski definition) is 1. The van der Waals surface area contributed by atoms with E-state index in [1.165, 1.54) is 5.56 Å². The van der Waals surface area contributed by atoms with Gasteiger partial charge >= 0.3 is 0 Å². The van der Waals surface area contributed by atoms with E-state index in [2.05, 4.69) is 22.0 Å². The molecular formula is C14H17N3O2. The van der Waals surface area contributed by atoms with E-state index in [1.54, 1.807) is 13.0 Å². The molecule has 5 nitrogen and oxygen atoms in total. The highest BCUT2D eigenvalue weighted by molar-refractivity contribution is 5.27. The quantitative estimate of drug-likeness (QED) is 0.773. The molecule has 0 aliphatic heterocycles. The van der Waals surface area contributed by atoms with Crippen molar-refractivity contribution in [1.82, 2.24) is 15.5 Å². The highest BCUT2D eigenvalue weighted by Gasteiger charge is 2.01. The van der Waals surface area contributed by atoms with Gasteiger partial charge in [0, 0.05) is 13.5 Å². The van der Waals surface area contributed by atoms with E-state index in [1.807, 2.05) is 24.3 Å². The average Bonchev–Trinajstić information content (AvgIpc) is 2.84. The zero-order valence-electron chi connectivity index (χ0n) is 10.9. The molecule has 1 heterocycles. The van der Waals surface area contributed by atoms with E-state index < -0.39 is 0 Å². The third kappa shape index (κ3) is 4.22. The predicted molar refractivity (Wildman–Crippen MR) is 71.7 cm³/mol. The SMILES string of the molecule is C=CCOc1ccc(CNCc2noc(C)n2)cc1. The van der Waals surface area contributed by atoms with Gasteiger partial charge in [-0.1, -0.05) is 29.9 Å². The van der Waals surface area contributed by atoms with Gasteiger partial charge in [0.15, 0.2) is 5.82 Å². The minimum atomic E-state index is 0.523. The van der Waals surface area contributed by atoms with Crippen LogP contribution in [0.1, 0.15) is 17.3 Å². The normalized spacial score (nSPS) is 10.4. The maximum absolute atomic E-state index is 5.42. The highest BCUT2D eigenvalue weighted by atomic mass is 16.5. The molecule has 0 aliphatic rings. The van der Waals surface area contributed by atoms with Crippen molar-refractivity contribution in [2.45, 2.75) is 20.0 Å². The Hall–Kier alpha value is -2.14. The summed E-state index contributed by atoms with van der Waals surface area (Å²) in [6, 6.07) is 7.93. The van der Waals surface area contributed by atoms with Crippen LogP contribution in [-0.4, -0.2) is 16.7 Å². The number of aromatic nitrogens is 2. The Kier molecular flexibility index (Phi) is 4.69. The van der Waals surface area contributed by atoms with E-state index >= 15 is 0 Å². The monoisotopic (exact) mass is 259 g/mol. The van der Waals surface area contributed by atoms with Crippen LogP contribution in [0.25, 0.3) is 0 Å². The molecule has 100 valence electrons. The van der Waals surface area contributed by atoms with Crippen molar-refractivity contribution >= 4 is 0 Å². The van der Waals surface area contributed by atoms with Crippen molar-refractivity contribution in [2.75, 3.05) is 6.61 Å². The molecule has 0 bridgehead atoms. The van der Waals surface area contributed by atoms with Crippen LogP contribution in [0, 0.1) is 6.92 Å². The fraction of sp³-hybridized carbons (Fsp3) is 0.286. The lowest BCUT2D eigenvalue weighted by atomic mass is 10.2. The Morgan fingerprint density at radius 1 is 1.32 bits per heavy atom. The molecule has 0 unspecified atom stereocenters. The number of ether oxygens (including phenoxy) is 1. The van der Waals surface area contributed by atoms with E-state index in [-0.39, 0.29) is 0 Å². The van der Waals surface area contributed by atoms with Gasteiger partial charge in [-0.15, -0.1) is 0 Å². The molecule has 0 aliphatic carbocycles. The van der Waals surface area contributed by atoms with Gasteiger partial charge in [-0.3, -0.25) is 0 Å². The Balaban J connectivity index is 1.78. The highest BCUT2D eigenvalue weighted by Crippen LogP contribution is 2.12. The second kappa shape index (κ2) is 6.70. The third-order valence-corrected chi connectivity index (χ3v) is 2.47. The summed E-state index contributed by atoms with van der Waals surface area (Å²) in [6.07, 6.45) is 1.72. The van der Waals surface area contributed by atoms with Gasteiger partial charge in [-0.25, -0.2) is 0 Å². The van der Waals surface area contributed by atoms with Gasteiger partial charge in [0.1, 0.15) is 12.4 Å².